The van der Waals surface area contributed by atoms with E-state index in [1.165, 1.54) is 0 Å². The van der Waals surface area contributed by atoms with Crippen molar-refractivity contribution in [3.63, 3.8) is 0 Å². The molecule has 0 amide bonds. The summed E-state index contributed by atoms with van der Waals surface area (Å²) in [6.45, 7) is 2.07. The number of nitrogens with zero attached hydrogens (tertiary/aromatic N) is 2. The molecule has 0 aliphatic heterocycles. The largest absolute Gasteiger partial charge is 0.508 e. The second-order valence-corrected chi connectivity index (χ2v) is 3.75. The first-order chi connectivity index (χ1) is 7.70. The highest BCUT2D eigenvalue weighted by molar-refractivity contribution is 5.38. The number of hydrogen-bond acceptors (Lipinski definition) is 3. The Kier molecular flexibility index (Phi) is 2.92. The predicted octanol–water partition coefficient (Wildman–Crippen LogP) is 1.86. The molecule has 0 aliphatic carbocycles. The Labute approximate surface area is 94.5 Å². The van der Waals surface area contributed by atoms with Gasteiger partial charge in [-0.15, -0.1) is 0 Å². The van der Waals surface area contributed by atoms with Crippen molar-refractivity contribution in [3.05, 3.63) is 42.2 Å². The van der Waals surface area contributed by atoms with Gasteiger partial charge in [0.2, 0.25) is 0 Å². The molecule has 0 aliphatic rings. The average molecular weight is 217 g/mol. The molecule has 84 valence electrons. The summed E-state index contributed by atoms with van der Waals surface area (Å²) in [5.74, 6) is 0.246. The van der Waals surface area contributed by atoms with Crippen LogP contribution < -0.4 is 5.32 Å². The summed E-state index contributed by atoms with van der Waals surface area (Å²) in [7, 11) is 1.91. The number of rotatable bonds is 3. The lowest BCUT2D eigenvalue weighted by molar-refractivity contribution is 0.475. The highest BCUT2D eigenvalue weighted by atomic mass is 16.3. The van der Waals surface area contributed by atoms with E-state index in [2.05, 4.69) is 17.3 Å². The Morgan fingerprint density at radius 2 is 2.25 bits per heavy atom. The van der Waals surface area contributed by atoms with Gasteiger partial charge in [-0.05, 0) is 26.1 Å². The van der Waals surface area contributed by atoms with Gasteiger partial charge < -0.3 is 10.4 Å². The Hall–Kier alpha value is -1.81. The minimum atomic E-state index is 0.246. The molecule has 1 unspecified atom stereocenters. The smallest absolute Gasteiger partial charge is 0.117 e. The molecule has 16 heavy (non-hydrogen) atoms. The maximum atomic E-state index is 9.38. The normalized spacial score (nSPS) is 12.6. The molecule has 0 bridgehead atoms. The van der Waals surface area contributed by atoms with Gasteiger partial charge in [0.1, 0.15) is 5.75 Å². The van der Waals surface area contributed by atoms with Crippen molar-refractivity contribution >= 4 is 0 Å². The Bertz CT molecular complexity index is 479. The van der Waals surface area contributed by atoms with Gasteiger partial charge >= 0.3 is 0 Å². The maximum Gasteiger partial charge on any atom is 0.117 e. The number of aromatic nitrogens is 2. The molecule has 2 aromatic rings. The number of phenolic OH excluding ortho intramolecular Hbond substituents is 1. The molecule has 1 aromatic heterocycles. The van der Waals surface area contributed by atoms with Gasteiger partial charge in [-0.3, -0.25) is 0 Å². The van der Waals surface area contributed by atoms with Gasteiger partial charge in [0.25, 0.3) is 0 Å². The van der Waals surface area contributed by atoms with Crippen LogP contribution in [0.1, 0.15) is 18.5 Å². The summed E-state index contributed by atoms with van der Waals surface area (Å²) in [5, 5.41) is 16.8. The van der Waals surface area contributed by atoms with Crippen molar-refractivity contribution in [1.29, 1.82) is 0 Å². The zero-order valence-corrected chi connectivity index (χ0v) is 9.38. The molecule has 0 saturated heterocycles. The lowest BCUT2D eigenvalue weighted by Crippen LogP contribution is -2.11. The summed E-state index contributed by atoms with van der Waals surface area (Å²) in [6, 6.07) is 7.30. The molecule has 2 N–H and O–H groups in total. The van der Waals surface area contributed by atoms with Crippen LogP contribution in [-0.4, -0.2) is 21.9 Å². The maximum absolute atomic E-state index is 9.38. The van der Waals surface area contributed by atoms with Crippen LogP contribution in [0.25, 0.3) is 5.69 Å². The predicted molar refractivity (Wildman–Crippen MR) is 62.7 cm³/mol. The second-order valence-electron chi connectivity index (χ2n) is 3.75. The molecule has 0 spiro atoms. The lowest BCUT2D eigenvalue weighted by atomic mass is 10.2. The fraction of sp³-hybridized carbons (Fsp3) is 0.250. The summed E-state index contributed by atoms with van der Waals surface area (Å²) in [5.41, 5.74) is 1.97. The van der Waals surface area contributed by atoms with Crippen LogP contribution in [-0.2, 0) is 0 Å². The monoisotopic (exact) mass is 217 g/mol. The third kappa shape index (κ3) is 2.06. The summed E-state index contributed by atoms with van der Waals surface area (Å²) in [6.07, 6.45) is 3.78. The van der Waals surface area contributed by atoms with Crippen LogP contribution >= 0.6 is 0 Å². The van der Waals surface area contributed by atoms with Crippen molar-refractivity contribution in [2.45, 2.75) is 13.0 Å². The van der Waals surface area contributed by atoms with Gasteiger partial charge in [0, 0.05) is 23.9 Å². The van der Waals surface area contributed by atoms with Gasteiger partial charge in [-0.1, -0.05) is 6.07 Å². The lowest BCUT2D eigenvalue weighted by Gasteiger charge is -2.06. The topological polar surface area (TPSA) is 50.1 Å². The van der Waals surface area contributed by atoms with Crippen LogP contribution in [0.2, 0.25) is 0 Å². The van der Waals surface area contributed by atoms with Crippen molar-refractivity contribution in [1.82, 2.24) is 15.1 Å². The molecule has 1 heterocycles. The molecular weight excluding hydrogens is 202 g/mol. The van der Waals surface area contributed by atoms with E-state index in [9.17, 15) is 5.11 Å². The molecule has 1 aromatic carbocycles. The third-order valence-corrected chi connectivity index (χ3v) is 2.63. The Morgan fingerprint density at radius 3 is 2.94 bits per heavy atom. The molecular formula is C12H15N3O. The zero-order chi connectivity index (χ0) is 11.5. The number of hydrogen-bond donors (Lipinski definition) is 2. The number of benzene rings is 1. The summed E-state index contributed by atoms with van der Waals surface area (Å²) in [4.78, 5) is 0. The van der Waals surface area contributed by atoms with Crippen molar-refractivity contribution in [2.24, 2.45) is 0 Å². The Balaban J connectivity index is 2.31. The third-order valence-electron chi connectivity index (χ3n) is 2.63. The highest BCUT2D eigenvalue weighted by Crippen LogP contribution is 2.17. The van der Waals surface area contributed by atoms with Crippen molar-refractivity contribution in [2.75, 3.05) is 7.05 Å². The van der Waals surface area contributed by atoms with Gasteiger partial charge in [0.05, 0.1) is 11.9 Å². The number of aromatic hydroxyl groups is 1. The van der Waals surface area contributed by atoms with E-state index in [0.717, 1.165) is 11.3 Å². The Morgan fingerprint density at radius 1 is 1.44 bits per heavy atom. The first kappa shape index (κ1) is 10.7. The van der Waals surface area contributed by atoms with E-state index < -0.39 is 0 Å². The first-order valence-electron chi connectivity index (χ1n) is 5.22. The minimum Gasteiger partial charge on any atom is -0.508 e. The van der Waals surface area contributed by atoms with Crippen LogP contribution in [0.4, 0.5) is 0 Å². The van der Waals surface area contributed by atoms with E-state index >= 15 is 0 Å². The average Bonchev–Trinajstić information content (AvgIpc) is 2.77. The van der Waals surface area contributed by atoms with Crippen molar-refractivity contribution in [3.8, 4) is 11.4 Å². The molecule has 2 rings (SSSR count). The van der Waals surface area contributed by atoms with Crippen LogP contribution in [0.15, 0.2) is 36.7 Å². The van der Waals surface area contributed by atoms with Gasteiger partial charge in [0.15, 0.2) is 0 Å². The molecule has 1 atom stereocenters. The van der Waals surface area contributed by atoms with Crippen LogP contribution in [0.5, 0.6) is 5.75 Å². The molecule has 0 radical (unpaired) electrons. The first-order valence-corrected chi connectivity index (χ1v) is 5.22. The molecule has 4 nitrogen and oxygen atoms in total. The van der Waals surface area contributed by atoms with E-state index in [1.807, 2.05) is 25.5 Å². The minimum absolute atomic E-state index is 0.246. The number of nitrogens with one attached hydrogen (secondary N) is 1. The van der Waals surface area contributed by atoms with Gasteiger partial charge in [-0.25, -0.2) is 4.68 Å². The van der Waals surface area contributed by atoms with E-state index in [1.54, 1.807) is 22.9 Å². The van der Waals surface area contributed by atoms with E-state index in [0.29, 0.717) is 0 Å². The molecule has 0 saturated carbocycles. The fourth-order valence-corrected chi connectivity index (χ4v) is 1.50. The SMILES string of the molecule is CNC(C)c1cnn(-c2cccc(O)c2)c1. The quantitative estimate of drug-likeness (QED) is 0.825. The van der Waals surface area contributed by atoms with E-state index in [-0.39, 0.29) is 11.8 Å². The van der Waals surface area contributed by atoms with E-state index in [4.69, 9.17) is 0 Å². The second kappa shape index (κ2) is 4.37. The van der Waals surface area contributed by atoms with Crippen molar-refractivity contribution < 1.29 is 5.11 Å². The molecule has 0 fully saturated rings. The van der Waals surface area contributed by atoms with Crippen LogP contribution in [0.3, 0.4) is 0 Å². The molecule has 4 heteroatoms. The van der Waals surface area contributed by atoms with Crippen LogP contribution in [0, 0.1) is 0 Å². The highest BCUT2D eigenvalue weighted by Gasteiger charge is 2.06. The van der Waals surface area contributed by atoms with Gasteiger partial charge in [-0.2, -0.15) is 5.10 Å². The zero-order valence-electron chi connectivity index (χ0n) is 9.38. The fourth-order valence-electron chi connectivity index (χ4n) is 1.50. The number of phenols is 1. The standard InChI is InChI=1S/C12H15N3O/c1-9(13-2)10-7-14-15(8-10)11-4-3-5-12(16)6-11/h3-9,13,16H,1-2H3. The summed E-state index contributed by atoms with van der Waals surface area (Å²) >= 11 is 0. The summed E-state index contributed by atoms with van der Waals surface area (Å²) < 4.78 is 1.75.